The molecule has 164 valence electrons. The molecule has 2 aromatic carbocycles. The molecule has 0 fully saturated rings. The average Bonchev–Trinajstić information content (AvgIpc) is 3.45. The van der Waals surface area contributed by atoms with Crippen molar-refractivity contribution in [2.75, 3.05) is 26.6 Å². The van der Waals surface area contributed by atoms with Gasteiger partial charge in [-0.3, -0.25) is 4.79 Å². The molecule has 0 saturated carbocycles. The van der Waals surface area contributed by atoms with E-state index < -0.39 is 0 Å². The summed E-state index contributed by atoms with van der Waals surface area (Å²) >= 11 is 1.42. The molecule has 4 aromatic rings. The first-order chi connectivity index (χ1) is 15.5. The SMILES string of the molecule is COc1ccc(-c2csc(-n3nc(C)cc3NC(=O)c3ccccc3OC)n2)cc1OC. The summed E-state index contributed by atoms with van der Waals surface area (Å²) in [5.41, 5.74) is 2.84. The van der Waals surface area contributed by atoms with Crippen molar-refractivity contribution in [2.24, 2.45) is 0 Å². The lowest BCUT2D eigenvalue weighted by Gasteiger charge is -2.10. The Morgan fingerprint density at radius 2 is 1.72 bits per heavy atom. The van der Waals surface area contributed by atoms with Crippen LogP contribution in [0.1, 0.15) is 16.1 Å². The van der Waals surface area contributed by atoms with Gasteiger partial charge in [-0.1, -0.05) is 12.1 Å². The van der Waals surface area contributed by atoms with Gasteiger partial charge < -0.3 is 19.5 Å². The third-order valence-corrected chi connectivity index (χ3v) is 5.59. The number of hydrogen-bond acceptors (Lipinski definition) is 7. The predicted octanol–water partition coefficient (Wildman–Crippen LogP) is 4.58. The number of nitrogens with zero attached hydrogens (tertiary/aromatic N) is 3. The summed E-state index contributed by atoms with van der Waals surface area (Å²) < 4.78 is 17.6. The highest BCUT2D eigenvalue weighted by Gasteiger charge is 2.18. The van der Waals surface area contributed by atoms with Crippen molar-refractivity contribution in [3.05, 3.63) is 65.2 Å². The Balaban J connectivity index is 1.64. The monoisotopic (exact) mass is 450 g/mol. The molecule has 0 atom stereocenters. The fraction of sp³-hybridized carbons (Fsp3) is 0.174. The second-order valence-corrected chi connectivity index (χ2v) is 7.66. The first kappa shape index (κ1) is 21.4. The summed E-state index contributed by atoms with van der Waals surface area (Å²) in [6.45, 7) is 1.86. The number of amides is 1. The van der Waals surface area contributed by atoms with Crippen molar-refractivity contribution in [1.82, 2.24) is 14.8 Å². The molecule has 0 aliphatic heterocycles. The van der Waals surface area contributed by atoms with Crippen molar-refractivity contribution in [1.29, 1.82) is 0 Å². The summed E-state index contributed by atoms with van der Waals surface area (Å²) in [5.74, 6) is 2.00. The second-order valence-electron chi connectivity index (χ2n) is 6.82. The minimum atomic E-state index is -0.291. The van der Waals surface area contributed by atoms with Gasteiger partial charge >= 0.3 is 0 Å². The van der Waals surface area contributed by atoms with E-state index in [1.54, 1.807) is 43.2 Å². The quantitative estimate of drug-likeness (QED) is 0.443. The summed E-state index contributed by atoms with van der Waals surface area (Å²) in [4.78, 5) is 17.6. The number of aryl methyl sites for hydroxylation is 1. The Hall–Kier alpha value is -3.85. The van der Waals surface area contributed by atoms with Crippen molar-refractivity contribution < 1.29 is 19.0 Å². The second kappa shape index (κ2) is 9.11. The summed E-state index contributed by atoms with van der Waals surface area (Å²) in [6, 6.07) is 14.5. The first-order valence-electron chi connectivity index (χ1n) is 9.73. The standard InChI is InChI=1S/C23H22N4O4S/c1-14-11-21(25-22(28)16-7-5-6-8-18(16)29-2)27(26-14)23-24-17(13-32-23)15-9-10-19(30-3)20(12-15)31-4/h5-13H,1-4H3,(H,25,28). The van der Waals surface area contributed by atoms with E-state index in [9.17, 15) is 4.79 Å². The number of anilines is 1. The third kappa shape index (κ3) is 4.15. The molecule has 1 amide bonds. The molecule has 4 rings (SSSR count). The van der Waals surface area contributed by atoms with E-state index in [-0.39, 0.29) is 5.91 Å². The molecule has 8 nitrogen and oxygen atoms in total. The average molecular weight is 451 g/mol. The zero-order valence-electron chi connectivity index (χ0n) is 18.1. The number of rotatable bonds is 7. The van der Waals surface area contributed by atoms with Gasteiger partial charge in [0.15, 0.2) is 11.5 Å². The lowest BCUT2D eigenvalue weighted by atomic mass is 10.1. The highest BCUT2D eigenvalue weighted by molar-refractivity contribution is 7.12. The number of carbonyl (C=O) groups excluding carboxylic acids is 1. The van der Waals surface area contributed by atoms with Crippen LogP contribution in [0.25, 0.3) is 16.4 Å². The number of methoxy groups -OCH3 is 3. The smallest absolute Gasteiger partial charge is 0.260 e. The van der Waals surface area contributed by atoms with Gasteiger partial charge in [-0.2, -0.15) is 9.78 Å². The topological polar surface area (TPSA) is 87.5 Å². The van der Waals surface area contributed by atoms with Crippen molar-refractivity contribution in [3.8, 4) is 33.6 Å². The van der Waals surface area contributed by atoms with E-state index >= 15 is 0 Å². The highest BCUT2D eigenvalue weighted by Crippen LogP contribution is 2.33. The molecule has 0 aliphatic carbocycles. The van der Waals surface area contributed by atoms with E-state index in [4.69, 9.17) is 19.2 Å². The van der Waals surface area contributed by atoms with Crippen molar-refractivity contribution in [2.45, 2.75) is 6.92 Å². The van der Waals surface area contributed by atoms with E-state index in [1.807, 2.05) is 36.6 Å². The fourth-order valence-corrected chi connectivity index (χ4v) is 4.04. The molecule has 9 heteroatoms. The first-order valence-corrected chi connectivity index (χ1v) is 10.6. The largest absolute Gasteiger partial charge is 0.496 e. The Kier molecular flexibility index (Phi) is 6.09. The molecular weight excluding hydrogens is 428 g/mol. The van der Waals surface area contributed by atoms with Gasteiger partial charge in [0.25, 0.3) is 5.91 Å². The normalized spacial score (nSPS) is 10.6. The van der Waals surface area contributed by atoms with Crippen LogP contribution in [0.2, 0.25) is 0 Å². The Bertz CT molecular complexity index is 1260. The van der Waals surface area contributed by atoms with Crippen molar-refractivity contribution >= 4 is 23.1 Å². The van der Waals surface area contributed by atoms with Crippen LogP contribution in [0.5, 0.6) is 17.2 Å². The number of ether oxygens (including phenoxy) is 3. The Morgan fingerprint density at radius 3 is 2.47 bits per heavy atom. The van der Waals surface area contributed by atoms with Gasteiger partial charge in [-0.15, -0.1) is 11.3 Å². The molecule has 0 bridgehead atoms. The molecule has 0 saturated heterocycles. The molecule has 1 N–H and O–H groups in total. The van der Waals surface area contributed by atoms with E-state index in [1.165, 1.54) is 18.4 Å². The predicted molar refractivity (Wildman–Crippen MR) is 123 cm³/mol. The van der Waals surface area contributed by atoms with Crippen LogP contribution in [0, 0.1) is 6.92 Å². The number of thiazole rings is 1. The maximum absolute atomic E-state index is 12.9. The van der Waals surface area contributed by atoms with Gasteiger partial charge in [-0.05, 0) is 37.3 Å². The molecule has 0 unspecified atom stereocenters. The number of para-hydroxylation sites is 1. The van der Waals surface area contributed by atoms with E-state index in [2.05, 4.69) is 10.4 Å². The van der Waals surface area contributed by atoms with Crippen LogP contribution in [-0.4, -0.2) is 42.0 Å². The Morgan fingerprint density at radius 1 is 0.969 bits per heavy atom. The van der Waals surface area contributed by atoms with Crippen LogP contribution < -0.4 is 19.5 Å². The molecular formula is C23H22N4O4S. The van der Waals surface area contributed by atoms with Gasteiger partial charge in [0.1, 0.15) is 11.6 Å². The molecule has 32 heavy (non-hydrogen) atoms. The maximum Gasteiger partial charge on any atom is 0.260 e. The van der Waals surface area contributed by atoms with Gasteiger partial charge in [0.05, 0.1) is 38.3 Å². The summed E-state index contributed by atoms with van der Waals surface area (Å²) in [6.07, 6.45) is 0. The van der Waals surface area contributed by atoms with Crippen LogP contribution in [0.15, 0.2) is 53.9 Å². The number of carbonyl (C=O) groups is 1. The van der Waals surface area contributed by atoms with Gasteiger partial charge in [0.2, 0.25) is 5.13 Å². The van der Waals surface area contributed by atoms with Crippen LogP contribution in [0.3, 0.4) is 0 Å². The number of nitrogens with one attached hydrogen (secondary N) is 1. The lowest BCUT2D eigenvalue weighted by Crippen LogP contribution is -2.16. The minimum absolute atomic E-state index is 0.291. The zero-order valence-corrected chi connectivity index (χ0v) is 18.9. The molecule has 0 spiro atoms. The van der Waals surface area contributed by atoms with Crippen LogP contribution in [-0.2, 0) is 0 Å². The molecule has 0 aliphatic rings. The van der Waals surface area contributed by atoms with Crippen molar-refractivity contribution in [3.63, 3.8) is 0 Å². The van der Waals surface area contributed by atoms with Crippen LogP contribution in [0.4, 0.5) is 5.82 Å². The maximum atomic E-state index is 12.9. The van der Waals surface area contributed by atoms with E-state index in [0.717, 1.165) is 17.0 Å². The number of benzene rings is 2. The summed E-state index contributed by atoms with van der Waals surface area (Å²) in [5, 5.41) is 9.98. The third-order valence-electron chi connectivity index (χ3n) is 4.78. The van der Waals surface area contributed by atoms with Crippen LogP contribution >= 0.6 is 11.3 Å². The molecule has 2 aromatic heterocycles. The zero-order chi connectivity index (χ0) is 22.7. The fourth-order valence-electron chi connectivity index (χ4n) is 3.24. The lowest BCUT2D eigenvalue weighted by molar-refractivity contribution is 0.102. The van der Waals surface area contributed by atoms with E-state index in [0.29, 0.717) is 33.8 Å². The highest BCUT2D eigenvalue weighted by atomic mass is 32.1. The minimum Gasteiger partial charge on any atom is -0.496 e. The van der Waals surface area contributed by atoms with Gasteiger partial charge in [-0.25, -0.2) is 4.98 Å². The number of aromatic nitrogens is 3. The Labute approximate surface area is 189 Å². The van der Waals surface area contributed by atoms with Gasteiger partial charge in [0, 0.05) is 17.0 Å². The number of hydrogen-bond donors (Lipinski definition) is 1. The molecule has 2 heterocycles. The summed E-state index contributed by atoms with van der Waals surface area (Å²) in [7, 11) is 4.72. The molecule has 0 radical (unpaired) electrons.